The number of piperidine rings is 1. The highest BCUT2D eigenvalue weighted by Crippen LogP contribution is 2.26. The Hall–Kier alpha value is -2.14. The van der Waals surface area contributed by atoms with Gasteiger partial charge in [-0.25, -0.2) is 4.79 Å². The lowest BCUT2D eigenvalue weighted by molar-refractivity contribution is 0.0600. The standard InChI is InChI=1S/C17H21N3O2/c1-22-17(21)14-6-4-13(5-7-14)11-20-10-2-3-15(12-20)16-8-9-18-19-16/h4-9,15H,2-3,10-12H2,1H3,(H,18,19)/t15-/m1/s1. The molecule has 0 unspecified atom stereocenters. The van der Waals surface area contributed by atoms with Gasteiger partial charge in [-0.1, -0.05) is 12.1 Å². The Kier molecular flexibility index (Phi) is 4.53. The number of aromatic amines is 1. The molecule has 1 aliphatic rings. The van der Waals surface area contributed by atoms with Crippen molar-refractivity contribution in [1.29, 1.82) is 0 Å². The number of methoxy groups -OCH3 is 1. The van der Waals surface area contributed by atoms with Gasteiger partial charge in [-0.3, -0.25) is 10.00 Å². The first-order valence-electron chi connectivity index (χ1n) is 7.65. The molecule has 1 atom stereocenters. The fraction of sp³-hybridized carbons (Fsp3) is 0.412. The number of nitrogens with zero attached hydrogens (tertiary/aromatic N) is 2. The number of H-pyrrole nitrogens is 1. The van der Waals surface area contributed by atoms with E-state index in [0.717, 1.165) is 19.6 Å². The molecule has 0 aliphatic carbocycles. The second-order valence-corrected chi connectivity index (χ2v) is 5.77. The van der Waals surface area contributed by atoms with E-state index in [2.05, 4.69) is 21.2 Å². The van der Waals surface area contributed by atoms with Crippen LogP contribution in [0.2, 0.25) is 0 Å². The molecule has 0 spiro atoms. The van der Waals surface area contributed by atoms with Crippen molar-refractivity contribution in [3.8, 4) is 0 Å². The Morgan fingerprint density at radius 3 is 2.86 bits per heavy atom. The number of carbonyl (C=O) groups is 1. The van der Waals surface area contributed by atoms with Gasteiger partial charge in [0.15, 0.2) is 0 Å². The highest BCUT2D eigenvalue weighted by atomic mass is 16.5. The average molecular weight is 299 g/mol. The molecule has 0 amide bonds. The molecule has 116 valence electrons. The van der Waals surface area contributed by atoms with Gasteiger partial charge < -0.3 is 4.74 Å². The molecule has 22 heavy (non-hydrogen) atoms. The van der Waals surface area contributed by atoms with Crippen molar-refractivity contribution in [2.24, 2.45) is 0 Å². The predicted molar refractivity (Wildman–Crippen MR) is 83.6 cm³/mol. The SMILES string of the molecule is COC(=O)c1ccc(CN2CCC[C@@H](c3ccn[nH]3)C2)cc1. The van der Waals surface area contributed by atoms with Crippen LogP contribution in [0.3, 0.4) is 0 Å². The van der Waals surface area contributed by atoms with Gasteiger partial charge in [-0.2, -0.15) is 5.10 Å². The maximum absolute atomic E-state index is 11.4. The third-order valence-electron chi connectivity index (χ3n) is 4.25. The summed E-state index contributed by atoms with van der Waals surface area (Å²) >= 11 is 0. The molecule has 1 aromatic carbocycles. The van der Waals surface area contributed by atoms with E-state index in [0.29, 0.717) is 11.5 Å². The van der Waals surface area contributed by atoms with Gasteiger partial charge >= 0.3 is 5.97 Å². The highest BCUT2D eigenvalue weighted by Gasteiger charge is 2.22. The number of esters is 1. The van der Waals surface area contributed by atoms with E-state index in [-0.39, 0.29) is 5.97 Å². The topological polar surface area (TPSA) is 58.2 Å². The highest BCUT2D eigenvalue weighted by molar-refractivity contribution is 5.89. The third kappa shape index (κ3) is 3.36. The molecule has 1 aromatic heterocycles. The zero-order valence-corrected chi connectivity index (χ0v) is 12.8. The molecule has 1 N–H and O–H groups in total. The Balaban J connectivity index is 1.61. The first-order valence-corrected chi connectivity index (χ1v) is 7.65. The smallest absolute Gasteiger partial charge is 0.337 e. The number of nitrogens with one attached hydrogen (secondary N) is 1. The number of hydrogen-bond acceptors (Lipinski definition) is 4. The quantitative estimate of drug-likeness (QED) is 0.882. The van der Waals surface area contributed by atoms with Crippen LogP contribution in [0.5, 0.6) is 0 Å². The van der Waals surface area contributed by atoms with E-state index < -0.39 is 0 Å². The molecule has 3 rings (SSSR count). The minimum Gasteiger partial charge on any atom is -0.465 e. The Morgan fingerprint density at radius 1 is 1.36 bits per heavy atom. The van der Waals surface area contributed by atoms with Crippen molar-refractivity contribution >= 4 is 5.97 Å². The minimum atomic E-state index is -0.288. The first kappa shape index (κ1) is 14.8. The normalized spacial score (nSPS) is 19.0. The van der Waals surface area contributed by atoms with Crippen LogP contribution < -0.4 is 0 Å². The summed E-state index contributed by atoms with van der Waals surface area (Å²) in [5, 5.41) is 7.14. The first-order chi connectivity index (χ1) is 10.8. The summed E-state index contributed by atoms with van der Waals surface area (Å²) in [4.78, 5) is 13.9. The van der Waals surface area contributed by atoms with Gasteiger partial charge in [0.25, 0.3) is 0 Å². The predicted octanol–water partition coefficient (Wildman–Crippen LogP) is 2.58. The van der Waals surface area contributed by atoms with Crippen LogP contribution in [0.1, 0.15) is 40.4 Å². The summed E-state index contributed by atoms with van der Waals surface area (Å²) < 4.78 is 4.72. The lowest BCUT2D eigenvalue weighted by Crippen LogP contribution is -2.34. The van der Waals surface area contributed by atoms with Gasteiger partial charge in [0.2, 0.25) is 0 Å². The molecule has 5 heteroatoms. The van der Waals surface area contributed by atoms with Crippen molar-refractivity contribution in [3.63, 3.8) is 0 Å². The zero-order chi connectivity index (χ0) is 15.4. The van der Waals surface area contributed by atoms with Crippen LogP contribution in [0, 0.1) is 0 Å². The summed E-state index contributed by atoms with van der Waals surface area (Å²) in [7, 11) is 1.40. The van der Waals surface area contributed by atoms with Crippen LogP contribution in [0.25, 0.3) is 0 Å². The third-order valence-corrected chi connectivity index (χ3v) is 4.25. The fourth-order valence-corrected chi connectivity index (χ4v) is 3.07. The Morgan fingerprint density at radius 2 is 2.18 bits per heavy atom. The van der Waals surface area contributed by atoms with Gasteiger partial charge in [-0.15, -0.1) is 0 Å². The molecular formula is C17H21N3O2. The van der Waals surface area contributed by atoms with E-state index in [9.17, 15) is 4.79 Å². The Labute approximate surface area is 130 Å². The van der Waals surface area contributed by atoms with Crippen molar-refractivity contribution in [3.05, 3.63) is 53.3 Å². The second-order valence-electron chi connectivity index (χ2n) is 5.77. The number of carbonyl (C=O) groups excluding carboxylic acids is 1. The average Bonchev–Trinajstić information content (AvgIpc) is 3.10. The van der Waals surface area contributed by atoms with E-state index in [1.165, 1.54) is 31.2 Å². The van der Waals surface area contributed by atoms with Gasteiger partial charge in [0.05, 0.1) is 12.7 Å². The van der Waals surface area contributed by atoms with Crippen molar-refractivity contribution in [2.45, 2.75) is 25.3 Å². The van der Waals surface area contributed by atoms with Crippen molar-refractivity contribution < 1.29 is 9.53 Å². The summed E-state index contributed by atoms with van der Waals surface area (Å²) in [6, 6.07) is 9.74. The molecule has 1 saturated heterocycles. The summed E-state index contributed by atoms with van der Waals surface area (Å²) in [5.74, 6) is 0.245. The molecule has 0 saturated carbocycles. The largest absolute Gasteiger partial charge is 0.465 e. The molecule has 2 aromatic rings. The maximum atomic E-state index is 11.4. The minimum absolute atomic E-state index is 0.288. The van der Waals surface area contributed by atoms with Gasteiger partial charge in [0, 0.05) is 30.9 Å². The molecule has 0 radical (unpaired) electrons. The summed E-state index contributed by atoms with van der Waals surface area (Å²) in [6.07, 6.45) is 4.23. The second kappa shape index (κ2) is 6.75. The van der Waals surface area contributed by atoms with Crippen molar-refractivity contribution in [1.82, 2.24) is 15.1 Å². The van der Waals surface area contributed by atoms with Crippen LogP contribution in [-0.4, -0.2) is 41.3 Å². The molecule has 0 bridgehead atoms. The lowest BCUT2D eigenvalue weighted by Gasteiger charge is -2.32. The monoisotopic (exact) mass is 299 g/mol. The number of likely N-dealkylation sites (tertiary alicyclic amines) is 1. The van der Waals surface area contributed by atoms with E-state index >= 15 is 0 Å². The zero-order valence-electron chi connectivity index (χ0n) is 12.8. The number of ether oxygens (including phenoxy) is 1. The van der Waals surface area contributed by atoms with Gasteiger partial charge in [-0.05, 0) is 43.1 Å². The van der Waals surface area contributed by atoms with E-state index in [4.69, 9.17) is 4.74 Å². The van der Waals surface area contributed by atoms with Gasteiger partial charge in [0.1, 0.15) is 0 Å². The van der Waals surface area contributed by atoms with Crippen LogP contribution >= 0.6 is 0 Å². The summed E-state index contributed by atoms with van der Waals surface area (Å²) in [6.45, 7) is 3.07. The molecule has 1 fully saturated rings. The lowest BCUT2D eigenvalue weighted by atomic mass is 9.94. The number of aromatic nitrogens is 2. The number of hydrogen-bond donors (Lipinski definition) is 1. The van der Waals surface area contributed by atoms with E-state index in [1.807, 2.05) is 30.5 Å². The molecule has 1 aliphatic heterocycles. The number of rotatable bonds is 4. The van der Waals surface area contributed by atoms with Crippen LogP contribution in [0.4, 0.5) is 0 Å². The Bertz CT molecular complexity index is 607. The molecule has 5 nitrogen and oxygen atoms in total. The van der Waals surface area contributed by atoms with Crippen molar-refractivity contribution in [2.75, 3.05) is 20.2 Å². The molecule has 2 heterocycles. The fourth-order valence-electron chi connectivity index (χ4n) is 3.07. The van der Waals surface area contributed by atoms with E-state index in [1.54, 1.807) is 0 Å². The summed E-state index contributed by atoms with van der Waals surface area (Å²) in [5.41, 5.74) is 3.05. The maximum Gasteiger partial charge on any atom is 0.337 e. The van der Waals surface area contributed by atoms with Crippen LogP contribution in [0.15, 0.2) is 36.5 Å². The molecular weight excluding hydrogens is 278 g/mol. The van der Waals surface area contributed by atoms with Crippen LogP contribution in [-0.2, 0) is 11.3 Å². The number of benzene rings is 1.